The van der Waals surface area contributed by atoms with Gasteiger partial charge in [-0.2, -0.15) is 0 Å². The van der Waals surface area contributed by atoms with Gasteiger partial charge in [0.1, 0.15) is 5.75 Å². The average molecular weight is 362 g/mol. The summed E-state index contributed by atoms with van der Waals surface area (Å²) in [6.45, 7) is 8.38. The molecule has 1 N–H and O–H groups in total. The Balaban J connectivity index is 2.09. The second-order valence-electron chi connectivity index (χ2n) is 7.87. The van der Waals surface area contributed by atoms with E-state index in [0.717, 1.165) is 27.9 Å². The summed E-state index contributed by atoms with van der Waals surface area (Å²) in [6, 6.07) is 17.4. The third-order valence-electron chi connectivity index (χ3n) is 4.97. The van der Waals surface area contributed by atoms with E-state index < -0.39 is 0 Å². The van der Waals surface area contributed by atoms with E-state index in [1.165, 1.54) is 0 Å². The van der Waals surface area contributed by atoms with E-state index in [1.807, 2.05) is 61.5 Å². The van der Waals surface area contributed by atoms with E-state index in [-0.39, 0.29) is 17.4 Å². The van der Waals surface area contributed by atoms with Crippen LogP contribution < -0.4 is 10.1 Å². The second-order valence-corrected chi connectivity index (χ2v) is 7.87. The molecule has 1 unspecified atom stereocenters. The molecule has 140 valence electrons. The van der Waals surface area contributed by atoms with Crippen LogP contribution in [0, 0.1) is 5.41 Å². The molecular weight excluding hydrogens is 336 g/mol. The van der Waals surface area contributed by atoms with Crippen LogP contribution in [0.5, 0.6) is 5.75 Å². The maximum Gasteiger partial charge on any atom is 0.252 e. The summed E-state index contributed by atoms with van der Waals surface area (Å²) in [4.78, 5) is 17.8. The van der Waals surface area contributed by atoms with Gasteiger partial charge in [-0.15, -0.1) is 0 Å². The van der Waals surface area contributed by atoms with Crippen LogP contribution in [-0.4, -0.2) is 24.0 Å². The Morgan fingerprint density at radius 1 is 1.07 bits per heavy atom. The molecule has 1 atom stereocenters. The van der Waals surface area contributed by atoms with E-state index >= 15 is 0 Å². The van der Waals surface area contributed by atoms with Crippen LogP contribution in [0.15, 0.2) is 54.6 Å². The molecule has 0 saturated carbocycles. The van der Waals surface area contributed by atoms with Gasteiger partial charge in [0.15, 0.2) is 0 Å². The molecule has 4 heteroatoms. The first-order chi connectivity index (χ1) is 12.8. The van der Waals surface area contributed by atoms with Gasteiger partial charge in [-0.25, -0.2) is 4.98 Å². The Kier molecular flexibility index (Phi) is 5.17. The number of hydrogen-bond donors (Lipinski definition) is 1. The predicted molar refractivity (Wildman–Crippen MR) is 110 cm³/mol. The van der Waals surface area contributed by atoms with Crippen molar-refractivity contribution in [3.05, 3.63) is 60.2 Å². The summed E-state index contributed by atoms with van der Waals surface area (Å²) in [6.07, 6.45) is 0. The lowest BCUT2D eigenvalue weighted by atomic mass is 9.88. The topological polar surface area (TPSA) is 51.2 Å². The molecule has 3 rings (SSSR count). The van der Waals surface area contributed by atoms with Gasteiger partial charge >= 0.3 is 0 Å². The molecule has 1 heterocycles. The summed E-state index contributed by atoms with van der Waals surface area (Å²) in [7, 11) is 1.64. The lowest BCUT2D eigenvalue weighted by Gasteiger charge is -2.28. The predicted octanol–water partition coefficient (Wildman–Crippen LogP) is 5.07. The molecular formula is C23H26N2O2. The van der Waals surface area contributed by atoms with Crippen LogP contribution in [0.25, 0.3) is 22.2 Å². The zero-order valence-electron chi connectivity index (χ0n) is 16.5. The van der Waals surface area contributed by atoms with E-state index in [2.05, 4.69) is 26.1 Å². The van der Waals surface area contributed by atoms with Crippen molar-refractivity contribution in [2.75, 3.05) is 7.11 Å². The third-order valence-corrected chi connectivity index (χ3v) is 4.97. The van der Waals surface area contributed by atoms with Gasteiger partial charge in [0.2, 0.25) is 0 Å². The van der Waals surface area contributed by atoms with Gasteiger partial charge in [-0.3, -0.25) is 4.79 Å². The molecule has 4 nitrogen and oxygen atoms in total. The summed E-state index contributed by atoms with van der Waals surface area (Å²) in [5, 5.41) is 3.99. The van der Waals surface area contributed by atoms with Crippen molar-refractivity contribution in [1.29, 1.82) is 0 Å². The zero-order chi connectivity index (χ0) is 19.6. The van der Waals surface area contributed by atoms with Crippen molar-refractivity contribution >= 4 is 16.8 Å². The molecule has 0 aliphatic rings. The van der Waals surface area contributed by atoms with Gasteiger partial charge < -0.3 is 10.1 Å². The molecule has 27 heavy (non-hydrogen) atoms. The van der Waals surface area contributed by atoms with Gasteiger partial charge in [-0.05, 0) is 36.6 Å². The summed E-state index contributed by atoms with van der Waals surface area (Å²) in [5.74, 6) is 0.676. The van der Waals surface area contributed by atoms with Crippen LogP contribution in [0.1, 0.15) is 38.1 Å². The standard InChI is InChI=1S/C23H26N2O2/c1-15(23(2,3)4)24-22(26)19-14-21(16-9-8-10-17(13-16)27-5)25-20-12-7-6-11-18(19)20/h6-15H,1-5H3,(H,24,26). The quantitative estimate of drug-likeness (QED) is 0.704. The molecule has 0 aliphatic heterocycles. The number of ether oxygens (including phenoxy) is 1. The number of aromatic nitrogens is 1. The number of nitrogens with one attached hydrogen (secondary N) is 1. The molecule has 1 aromatic heterocycles. The maximum atomic E-state index is 13.1. The van der Waals surface area contributed by atoms with Crippen molar-refractivity contribution in [2.45, 2.75) is 33.7 Å². The first kappa shape index (κ1) is 18.9. The fraction of sp³-hybridized carbons (Fsp3) is 0.304. The smallest absolute Gasteiger partial charge is 0.252 e. The summed E-state index contributed by atoms with van der Waals surface area (Å²) in [5.41, 5.74) is 3.08. The molecule has 0 bridgehead atoms. The number of benzene rings is 2. The number of rotatable bonds is 4. The number of nitrogens with zero attached hydrogens (tertiary/aromatic N) is 1. The fourth-order valence-electron chi connectivity index (χ4n) is 2.78. The van der Waals surface area contributed by atoms with E-state index in [0.29, 0.717) is 5.56 Å². The number of hydrogen-bond acceptors (Lipinski definition) is 3. The van der Waals surface area contributed by atoms with Gasteiger partial charge in [0.05, 0.1) is 23.9 Å². The SMILES string of the molecule is COc1cccc(-c2cc(C(=O)NC(C)C(C)(C)C)c3ccccc3n2)c1. The largest absolute Gasteiger partial charge is 0.497 e. The number of pyridine rings is 1. The van der Waals surface area contributed by atoms with Crippen LogP contribution in [0.3, 0.4) is 0 Å². The van der Waals surface area contributed by atoms with Crippen molar-refractivity contribution < 1.29 is 9.53 Å². The van der Waals surface area contributed by atoms with Crippen LogP contribution in [-0.2, 0) is 0 Å². The molecule has 2 aromatic carbocycles. The van der Waals surface area contributed by atoms with Gasteiger partial charge in [0.25, 0.3) is 5.91 Å². The van der Waals surface area contributed by atoms with Crippen molar-refractivity contribution in [3.63, 3.8) is 0 Å². The highest BCUT2D eigenvalue weighted by molar-refractivity contribution is 6.07. The Morgan fingerprint density at radius 3 is 2.52 bits per heavy atom. The summed E-state index contributed by atoms with van der Waals surface area (Å²) < 4.78 is 5.32. The third kappa shape index (κ3) is 4.11. The Labute approximate surface area is 160 Å². The lowest BCUT2D eigenvalue weighted by Crippen LogP contribution is -2.41. The normalized spacial score (nSPS) is 12.6. The Hall–Kier alpha value is -2.88. The molecule has 3 aromatic rings. The summed E-state index contributed by atoms with van der Waals surface area (Å²) >= 11 is 0. The van der Waals surface area contributed by atoms with Crippen LogP contribution >= 0.6 is 0 Å². The highest BCUT2D eigenvalue weighted by Crippen LogP contribution is 2.28. The first-order valence-corrected chi connectivity index (χ1v) is 9.14. The number of carbonyl (C=O) groups is 1. The Bertz CT molecular complexity index is 974. The molecule has 0 saturated heterocycles. The molecule has 0 fully saturated rings. The van der Waals surface area contributed by atoms with Crippen LogP contribution in [0.4, 0.5) is 0 Å². The van der Waals surface area contributed by atoms with E-state index in [4.69, 9.17) is 9.72 Å². The van der Waals surface area contributed by atoms with Crippen molar-refractivity contribution in [3.8, 4) is 17.0 Å². The minimum Gasteiger partial charge on any atom is -0.497 e. The Morgan fingerprint density at radius 2 is 1.81 bits per heavy atom. The molecule has 0 radical (unpaired) electrons. The lowest BCUT2D eigenvalue weighted by molar-refractivity contribution is 0.0912. The van der Waals surface area contributed by atoms with Crippen LogP contribution in [0.2, 0.25) is 0 Å². The van der Waals surface area contributed by atoms with Crippen molar-refractivity contribution in [2.24, 2.45) is 5.41 Å². The number of amides is 1. The highest BCUT2D eigenvalue weighted by atomic mass is 16.5. The van der Waals surface area contributed by atoms with Gasteiger partial charge in [0, 0.05) is 17.0 Å². The van der Waals surface area contributed by atoms with Crippen molar-refractivity contribution in [1.82, 2.24) is 10.3 Å². The molecule has 0 spiro atoms. The fourth-order valence-corrected chi connectivity index (χ4v) is 2.78. The minimum absolute atomic E-state index is 0.0197. The van der Waals surface area contributed by atoms with Gasteiger partial charge in [-0.1, -0.05) is 51.1 Å². The van der Waals surface area contributed by atoms with E-state index in [9.17, 15) is 4.79 Å². The zero-order valence-corrected chi connectivity index (χ0v) is 16.5. The number of fused-ring (bicyclic) bond motifs is 1. The number of carbonyl (C=O) groups excluding carboxylic acids is 1. The molecule has 0 aliphatic carbocycles. The van der Waals surface area contributed by atoms with E-state index in [1.54, 1.807) is 7.11 Å². The molecule has 1 amide bonds. The maximum absolute atomic E-state index is 13.1. The monoisotopic (exact) mass is 362 g/mol. The number of methoxy groups -OCH3 is 1. The first-order valence-electron chi connectivity index (χ1n) is 9.14. The average Bonchev–Trinajstić information content (AvgIpc) is 2.66. The highest BCUT2D eigenvalue weighted by Gasteiger charge is 2.23. The number of para-hydroxylation sites is 1. The second kappa shape index (κ2) is 7.39. The minimum atomic E-state index is -0.0832.